The van der Waals surface area contributed by atoms with E-state index in [-0.39, 0.29) is 21.1 Å². The molecule has 0 saturated heterocycles. The Labute approximate surface area is 246 Å². The minimum atomic E-state index is 0. The van der Waals surface area contributed by atoms with Crippen LogP contribution in [0.15, 0.2) is 121 Å². The van der Waals surface area contributed by atoms with E-state index < -0.39 is 0 Å². The first-order valence-electron chi connectivity index (χ1n) is 12.9. The van der Waals surface area contributed by atoms with Gasteiger partial charge < -0.3 is 13.9 Å². The van der Waals surface area contributed by atoms with Gasteiger partial charge in [-0.3, -0.25) is 0 Å². The van der Waals surface area contributed by atoms with Gasteiger partial charge in [0, 0.05) is 11.0 Å². The summed E-state index contributed by atoms with van der Waals surface area (Å²) in [5, 5.41) is 4.47. The maximum absolute atomic E-state index is 6.43. The van der Waals surface area contributed by atoms with Gasteiger partial charge in [-0.25, -0.2) is 0 Å². The van der Waals surface area contributed by atoms with Gasteiger partial charge in [0.05, 0.1) is 0 Å². The second-order valence-electron chi connectivity index (χ2n) is 9.50. The molecular weight excluding hydrogens is 671 g/mol. The molecule has 6 aromatic carbocycles. The first kappa shape index (κ1) is 24.4. The predicted octanol–water partition coefficient (Wildman–Crippen LogP) is 8.87. The maximum Gasteiger partial charge on any atom is 4.00 e. The van der Waals surface area contributed by atoms with Crippen molar-refractivity contribution >= 4 is 43.6 Å². The summed E-state index contributed by atoms with van der Waals surface area (Å²) >= 11 is 0. The van der Waals surface area contributed by atoms with E-state index in [1.807, 2.05) is 48.5 Å². The summed E-state index contributed by atoms with van der Waals surface area (Å²) in [6.45, 7) is 0. The molecule has 8 rings (SSSR count). The molecule has 8 aromatic rings. The van der Waals surface area contributed by atoms with Crippen molar-refractivity contribution in [1.82, 2.24) is 9.13 Å². The number of rotatable bonds is 4. The SMILES string of the molecule is [Pt+4].[c-]1ccccc1-n1c2[c-]cc(Oc3c[c-]c4c(c3)c3ccccc3n4-c3[c-]cccc3)cc2c2ccccc21. The van der Waals surface area contributed by atoms with Gasteiger partial charge in [-0.1, -0.05) is 69.6 Å². The van der Waals surface area contributed by atoms with Gasteiger partial charge in [-0.05, 0) is 34.4 Å². The predicted molar refractivity (Wildman–Crippen MR) is 157 cm³/mol. The second-order valence-corrected chi connectivity index (χ2v) is 9.50. The van der Waals surface area contributed by atoms with E-state index in [9.17, 15) is 0 Å². The smallest absolute Gasteiger partial charge is 0.576 e. The Morgan fingerprint density at radius 1 is 0.475 bits per heavy atom. The van der Waals surface area contributed by atoms with Crippen molar-refractivity contribution in [3.63, 3.8) is 0 Å². The van der Waals surface area contributed by atoms with E-state index >= 15 is 0 Å². The molecule has 0 unspecified atom stereocenters. The molecule has 40 heavy (non-hydrogen) atoms. The third-order valence-electron chi connectivity index (χ3n) is 7.21. The van der Waals surface area contributed by atoms with Gasteiger partial charge in [-0.15, -0.1) is 36.4 Å². The van der Waals surface area contributed by atoms with Crippen molar-refractivity contribution in [2.75, 3.05) is 0 Å². The molecule has 0 spiro atoms. The molecule has 2 heterocycles. The molecule has 0 atom stereocenters. The summed E-state index contributed by atoms with van der Waals surface area (Å²) in [6, 6.07) is 54.6. The number of benzene rings is 6. The Morgan fingerprint density at radius 3 is 1.38 bits per heavy atom. The van der Waals surface area contributed by atoms with Crippen LogP contribution in [0.2, 0.25) is 0 Å². The number of ether oxygens (including phenoxy) is 1. The zero-order valence-corrected chi connectivity index (χ0v) is 23.4. The zero-order valence-electron chi connectivity index (χ0n) is 21.2. The van der Waals surface area contributed by atoms with Crippen LogP contribution < -0.4 is 4.74 Å². The molecule has 0 aliphatic carbocycles. The van der Waals surface area contributed by atoms with E-state index in [0.717, 1.165) is 66.5 Å². The van der Waals surface area contributed by atoms with Gasteiger partial charge in [-0.2, -0.15) is 60.7 Å². The van der Waals surface area contributed by atoms with Crippen molar-refractivity contribution in [3.05, 3.63) is 146 Å². The van der Waals surface area contributed by atoms with Crippen LogP contribution in [0.4, 0.5) is 0 Å². The summed E-state index contributed by atoms with van der Waals surface area (Å²) < 4.78 is 10.8. The van der Waals surface area contributed by atoms with Gasteiger partial charge in [0.25, 0.3) is 0 Å². The molecule has 4 heteroatoms. The van der Waals surface area contributed by atoms with Gasteiger partial charge >= 0.3 is 21.1 Å². The van der Waals surface area contributed by atoms with Crippen LogP contribution in [0.5, 0.6) is 11.5 Å². The average Bonchev–Trinajstić information content (AvgIpc) is 3.50. The molecule has 0 aliphatic heterocycles. The summed E-state index contributed by atoms with van der Waals surface area (Å²) in [4.78, 5) is 0. The Bertz CT molecular complexity index is 1990. The van der Waals surface area contributed by atoms with E-state index in [1.165, 1.54) is 0 Å². The van der Waals surface area contributed by atoms with Crippen LogP contribution in [0.1, 0.15) is 0 Å². The van der Waals surface area contributed by atoms with Crippen LogP contribution in [0.3, 0.4) is 0 Å². The molecule has 0 saturated carbocycles. The normalized spacial score (nSPS) is 11.3. The largest absolute Gasteiger partial charge is 4.00 e. The summed E-state index contributed by atoms with van der Waals surface area (Å²) in [5.41, 5.74) is 6.19. The number of aromatic nitrogens is 2. The number of fused-ring (bicyclic) bond motifs is 6. The number of nitrogens with zero attached hydrogens (tertiary/aromatic N) is 2. The fourth-order valence-corrected chi connectivity index (χ4v) is 5.55. The van der Waals surface area contributed by atoms with Crippen LogP contribution in [0, 0.1) is 24.3 Å². The fraction of sp³-hybridized carbons (Fsp3) is 0. The number of hydrogen-bond donors (Lipinski definition) is 0. The minimum absolute atomic E-state index is 0. The Balaban J connectivity index is 0.00000264. The van der Waals surface area contributed by atoms with Crippen LogP contribution in [0.25, 0.3) is 55.0 Å². The summed E-state index contributed by atoms with van der Waals surface area (Å²) in [7, 11) is 0. The Hall–Kier alpha value is -4.59. The Kier molecular flexibility index (Phi) is 6.03. The summed E-state index contributed by atoms with van der Waals surface area (Å²) in [5.74, 6) is 1.46. The zero-order chi connectivity index (χ0) is 25.8. The first-order valence-corrected chi connectivity index (χ1v) is 12.9. The molecule has 0 amide bonds. The van der Waals surface area contributed by atoms with Crippen molar-refractivity contribution in [2.24, 2.45) is 0 Å². The third kappa shape index (κ3) is 3.85. The number of hydrogen-bond acceptors (Lipinski definition) is 1. The fourth-order valence-electron chi connectivity index (χ4n) is 5.55. The molecule has 0 radical (unpaired) electrons. The van der Waals surface area contributed by atoms with Crippen molar-refractivity contribution in [1.29, 1.82) is 0 Å². The molecule has 0 bridgehead atoms. The van der Waals surface area contributed by atoms with Gasteiger partial charge in [0.1, 0.15) is 0 Å². The molecule has 190 valence electrons. The first-order chi connectivity index (χ1) is 19.3. The molecule has 0 N–H and O–H groups in total. The Morgan fingerprint density at radius 2 is 0.925 bits per heavy atom. The van der Waals surface area contributed by atoms with Crippen molar-refractivity contribution in [3.8, 4) is 22.9 Å². The van der Waals surface area contributed by atoms with Crippen molar-refractivity contribution < 1.29 is 25.8 Å². The van der Waals surface area contributed by atoms with E-state index in [0.29, 0.717) is 0 Å². The molecule has 0 fully saturated rings. The number of para-hydroxylation sites is 4. The molecule has 2 aromatic heterocycles. The molecule has 3 nitrogen and oxygen atoms in total. The quantitative estimate of drug-likeness (QED) is 0.169. The second kappa shape index (κ2) is 9.86. The third-order valence-corrected chi connectivity index (χ3v) is 7.21. The van der Waals surface area contributed by atoms with Gasteiger partial charge in [0.2, 0.25) is 0 Å². The van der Waals surface area contributed by atoms with E-state index in [4.69, 9.17) is 4.74 Å². The van der Waals surface area contributed by atoms with Crippen molar-refractivity contribution in [2.45, 2.75) is 0 Å². The van der Waals surface area contributed by atoms with E-state index in [1.54, 1.807) is 0 Å². The molecule has 0 aliphatic rings. The monoisotopic (exact) mass is 691 g/mol. The molecular formula is C36H20N2OPt. The standard InChI is InChI=1S/C36H20N2O.Pt/c1-3-11-25(12-4-1)37-33-17-9-7-15-29(33)31-23-27(19-21-35(31)37)39-28-20-22-36-32(24-28)30-16-8-10-18-34(30)38(36)26-13-5-2-6-14-26;/h1-11,13,15-20,23-24H;/q-4;+4. The van der Waals surface area contributed by atoms with Crippen LogP contribution in [-0.2, 0) is 21.1 Å². The van der Waals surface area contributed by atoms with Gasteiger partial charge in [0.15, 0.2) is 0 Å². The average molecular weight is 692 g/mol. The summed E-state index contributed by atoms with van der Waals surface area (Å²) in [6.07, 6.45) is 0. The maximum atomic E-state index is 6.43. The van der Waals surface area contributed by atoms with E-state index in [2.05, 4.69) is 106 Å². The van der Waals surface area contributed by atoms with Crippen LogP contribution >= 0.6 is 0 Å². The minimum Gasteiger partial charge on any atom is -0.576 e. The topological polar surface area (TPSA) is 19.1 Å². The van der Waals surface area contributed by atoms with Crippen LogP contribution in [-0.4, -0.2) is 9.13 Å².